The first-order valence-corrected chi connectivity index (χ1v) is 8.48. The summed E-state index contributed by atoms with van der Waals surface area (Å²) in [4.78, 5) is 6.39. The number of halogens is 1. The van der Waals surface area contributed by atoms with Gasteiger partial charge in [0.15, 0.2) is 5.96 Å². The van der Waals surface area contributed by atoms with Crippen LogP contribution in [0.1, 0.15) is 16.7 Å². The van der Waals surface area contributed by atoms with Gasteiger partial charge in [0.2, 0.25) is 0 Å². The van der Waals surface area contributed by atoms with Crippen molar-refractivity contribution >= 4 is 5.96 Å². The van der Waals surface area contributed by atoms with E-state index in [1.54, 1.807) is 19.2 Å². The van der Waals surface area contributed by atoms with Crippen LogP contribution >= 0.6 is 0 Å². The second-order valence-electron chi connectivity index (χ2n) is 6.29. The summed E-state index contributed by atoms with van der Waals surface area (Å²) in [5.74, 6) is 0.548. The van der Waals surface area contributed by atoms with Crippen LogP contribution in [-0.4, -0.2) is 38.5 Å². The topological polar surface area (TPSA) is 39.7 Å². The van der Waals surface area contributed by atoms with Gasteiger partial charge in [0, 0.05) is 26.7 Å². The lowest BCUT2D eigenvalue weighted by Crippen LogP contribution is -2.37. The molecule has 134 valence electrons. The van der Waals surface area contributed by atoms with Gasteiger partial charge in [0.05, 0.1) is 0 Å². The number of nitrogens with zero attached hydrogens (tertiary/aromatic N) is 2. The Labute approximate surface area is 149 Å². The molecule has 2 rings (SSSR count). The third-order valence-corrected chi connectivity index (χ3v) is 3.77. The normalized spacial score (nSPS) is 11.6. The van der Waals surface area contributed by atoms with E-state index < -0.39 is 0 Å². The highest BCUT2D eigenvalue weighted by Gasteiger charge is 2.01. The largest absolute Gasteiger partial charge is 0.356 e. The van der Waals surface area contributed by atoms with Crippen molar-refractivity contribution in [2.45, 2.75) is 19.5 Å². The lowest BCUT2D eigenvalue weighted by molar-refractivity contribution is 0.402. The van der Waals surface area contributed by atoms with Crippen molar-refractivity contribution in [2.75, 3.05) is 27.7 Å². The molecule has 0 spiro atoms. The van der Waals surface area contributed by atoms with Gasteiger partial charge in [-0.1, -0.05) is 36.4 Å². The fourth-order valence-corrected chi connectivity index (χ4v) is 2.63. The Bertz CT molecular complexity index is 698. The van der Waals surface area contributed by atoms with E-state index in [1.165, 1.54) is 17.2 Å². The molecule has 0 bridgehead atoms. The SMILES string of the molecule is CN=C(NCCc1cccc(F)c1)NCc1cccc(CN(C)C)c1. The summed E-state index contributed by atoms with van der Waals surface area (Å²) in [7, 11) is 5.88. The Balaban J connectivity index is 1.80. The fourth-order valence-electron chi connectivity index (χ4n) is 2.63. The van der Waals surface area contributed by atoms with Gasteiger partial charge in [-0.25, -0.2) is 4.39 Å². The maximum absolute atomic E-state index is 13.2. The van der Waals surface area contributed by atoms with E-state index >= 15 is 0 Å². The van der Waals surface area contributed by atoms with Gasteiger partial charge in [0.25, 0.3) is 0 Å². The molecule has 0 aromatic heterocycles. The summed E-state index contributed by atoms with van der Waals surface area (Å²) in [5.41, 5.74) is 3.48. The molecule has 0 unspecified atom stereocenters. The minimum Gasteiger partial charge on any atom is -0.356 e. The Morgan fingerprint density at radius 1 is 1.00 bits per heavy atom. The second kappa shape index (κ2) is 9.79. The van der Waals surface area contributed by atoms with Crippen molar-refractivity contribution in [2.24, 2.45) is 4.99 Å². The van der Waals surface area contributed by atoms with Crippen LogP contribution in [0.4, 0.5) is 4.39 Å². The highest BCUT2D eigenvalue weighted by atomic mass is 19.1. The van der Waals surface area contributed by atoms with Crippen molar-refractivity contribution in [1.29, 1.82) is 0 Å². The number of aliphatic imine (C=N–C) groups is 1. The maximum atomic E-state index is 13.2. The zero-order valence-electron chi connectivity index (χ0n) is 15.2. The van der Waals surface area contributed by atoms with Gasteiger partial charge < -0.3 is 15.5 Å². The van der Waals surface area contributed by atoms with E-state index in [1.807, 2.05) is 6.07 Å². The standard InChI is InChI=1S/C20H27FN4/c1-22-20(23-11-10-16-6-5-9-19(21)13-16)24-14-17-7-4-8-18(12-17)15-25(2)3/h4-9,12-13H,10-11,14-15H2,1-3H3,(H2,22,23,24). The molecule has 0 aliphatic carbocycles. The van der Waals surface area contributed by atoms with Crippen molar-refractivity contribution in [1.82, 2.24) is 15.5 Å². The third-order valence-electron chi connectivity index (χ3n) is 3.77. The molecule has 4 nitrogen and oxygen atoms in total. The van der Waals surface area contributed by atoms with Gasteiger partial charge in [-0.2, -0.15) is 0 Å². The molecule has 25 heavy (non-hydrogen) atoms. The van der Waals surface area contributed by atoms with Crippen molar-refractivity contribution in [3.05, 3.63) is 71.0 Å². The van der Waals surface area contributed by atoms with Crippen LogP contribution in [0.15, 0.2) is 53.5 Å². The predicted octanol–water partition coefficient (Wildman–Crippen LogP) is 2.80. The van der Waals surface area contributed by atoms with E-state index in [0.29, 0.717) is 13.1 Å². The molecule has 0 amide bonds. The zero-order chi connectivity index (χ0) is 18.1. The van der Waals surface area contributed by atoms with Crippen molar-refractivity contribution in [3.8, 4) is 0 Å². The summed E-state index contributed by atoms with van der Waals surface area (Å²) >= 11 is 0. The first-order chi connectivity index (χ1) is 12.1. The molecule has 2 aromatic rings. The van der Waals surface area contributed by atoms with E-state index in [0.717, 1.165) is 24.5 Å². The summed E-state index contributed by atoms with van der Waals surface area (Å²) < 4.78 is 13.2. The highest BCUT2D eigenvalue weighted by Crippen LogP contribution is 2.07. The molecule has 0 atom stereocenters. The van der Waals surface area contributed by atoms with E-state index in [-0.39, 0.29) is 5.82 Å². The number of rotatable bonds is 7. The Morgan fingerprint density at radius 3 is 2.44 bits per heavy atom. The Morgan fingerprint density at radius 2 is 1.72 bits per heavy atom. The number of guanidine groups is 1. The average Bonchev–Trinajstić information content (AvgIpc) is 2.58. The Kier molecular flexibility index (Phi) is 7.41. The molecule has 0 saturated heterocycles. The zero-order valence-corrected chi connectivity index (χ0v) is 15.2. The Hall–Kier alpha value is -2.40. The lowest BCUT2D eigenvalue weighted by Gasteiger charge is -2.14. The van der Waals surface area contributed by atoms with Gasteiger partial charge >= 0.3 is 0 Å². The van der Waals surface area contributed by atoms with Crippen LogP contribution in [0.2, 0.25) is 0 Å². The minimum absolute atomic E-state index is 0.197. The minimum atomic E-state index is -0.197. The lowest BCUT2D eigenvalue weighted by atomic mass is 10.1. The van der Waals surface area contributed by atoms with E-state index in [9.17, 15) is 4.39 Å². The van der Waals surface area contributed by atoms with Crippen molar-refractivity contribution < 1.29 is 4.39 Å². The van der Waals surface area contributed by atoms with E-state index in [2.05, 4.69) is 58.9 Å². The van der Waals surface area contributed by atoms with E-state index in [4.69, 9.17) is 0 Å². The molecule has 0 aliphatic rings. The molecular formula is C20H27FN4. The van der Waals surface area contributed by atoms with Crippen LogP contribution in [0.3, 0.4) is 0 Å². The number of benzene rings is 2. The quantitative estimate of drug-likeness (QED) is 0.600. The molecule has 0 radical (unpaired) electrons. The first-order valence-electron chi connectivity index (χ1n) is 8.48. The second-order valence-corrected chi connectivity index (χ2v) is 6.29. The molecule has 5 heteroatoms. The van der Waals surface area contributed by atoms with Gasteiger partial charge in [-0.05, 0) is 49.3 Å². The molecule has 0 heterocycles. The van der Waals surface area contributed by atoms with Crippen LogP contribution in [-0.2, 0) is 19.5 Å². The maximum Gasteiger partial charge on any atom is 0.191 e. The van der Waals surface area contributed by atoms with Crippen LogP contribution in [0, 0.1) is 5.82 Å². The average molecular weight is 342 g/mol. The van der Waals surface area contributed by atoms with Gasteiger partial charge in [-0.15, -0.1) is 0 Å². The summed E-state index contributed by atoms with van der Waals surface area (Å²) in [6.45, 7) is 2.33. The molecule has 0 saturated carbocycles. The molecule has 2 N–H and O–H groups in total. The third kappa shape index (κ3) is 6.93. The predicted molar refractivity (Wildman–Crippen MR) is 102 cm³/mol. The molecule has 2 aromatic carbocycles. The fraction of sp³-hybridized carbons (Fsp3) is 0.350. The summed E-state index contributed by atoms with van der Waals surface area (Å²) in [5, 5.41) is 6.58. The first kappa shape index (κ1) is 18.9. The highest BCUT2D eigenvalue weighted by molar-refractivity contribution is 5.79. The van der Waals surface area contributed by atoms with Gasteiger partial charge in [-0.3, -0.25) is 4.99 Å². The molecular weight excluding hydrogens is 315 g/mol. The monoisotopic (exact) mass is 342 g/mol. The summed E-state index contributed by atoms with van der Waals surface area (Å²) in [6, 6.07) is 15.2. The molecule has 0 aliphatic heterocycles. The number of nitrogens with one attached hydrogen (secondary N) is 2. The van der Waals surface area contributed by atoms with Crippen LogP contribution < -0.4 is 10.6 Å². The van der Waals surface area contributed by atoms with Crippen LogP contribution in [0.25, 0.3) is 0 Å². The van der Waals surface area contributed by atoms with Crippen LogP contribution in [0.5, 0.6) is 0 Å². The van der Waals surface area contributed by atoms with Crippen molar-refractivity contribution in [3.63, 3.8) is 0 Å². The number of hydrogen-bond donors (Lipinski definition) is 2. The summed E-state index contributed by atoms with van der Waals surface area (Å²) in [6.07, 6.45) is 0.747. The van der Waals surface area contributed by atoms with Gasteiger partial charge in [0.1, 0.15) is 5.82 Å². The molecule has 0 fully saturated rings. The number of hydrogen-bond acceptors (Lipinski definition) is 2. The smallest absolute Gasteiger partial charge is 0.191 e.